The van der Waals surface area contributed by atoms with Crippen LogP contribution < -0.4 is 5.32 Å². The summed E-state index contributed by atoms with van der Waals surface area (Å²) < 4.78 is 1.93. The number of nitrogens with zero attached hydrogens (tertiary/aromatic N) is 2. The molecule has 5 nitrogen and oxygen atoms in total. The summed E-state index contributed by atoms with van der Waals surface area (Å²) >= 11 is 5.96. The number of ketones is 1. The van der Waals surface area contributed by atoms with Crippen molar-refractivity contribution in [2.45, 2.75) is 6.42 Å². The van der Waals surface area contributed by atoms with Crippen LogP contribution in [0.1, 0.15) is 21.6 Å². The predicted molar refractivity (Wildman–Crippen MR) is 109 cm³/mol. The normalized spacial score (nSPS) is 10.8. The van der Waals surface area contributed by atoms with E-state index in [1.165, 1.54) is 0 Å². The highest BCUT2D eigenvalue weighted by molar-refractivity contribution is 6.47. The molecular formula is C22H16ClN3O2. The number of rotatable bonds is 5. The Kier molecular flexibility index (Phi) is 4.91. The molecule has 0 aliphatic heterocycles. The van der Waals surface area contributed by atoms with Gasteiger partial charge in [0.1, 0.15) is 5.82 Å². The molecule has 6 heteroatoms. The fourth-order valence-electron chi connectivity index (χ4n) is 3.08. The zero-order valence-corrected chi connectivity index (χ0v) is 15.6. The van der Waals surface area contributed by atoms with E-state index in [0.717, 1.165) is 11.3 Å². The van der Waals surface area contributed by atoms with Crippen molar-refractivity contribution in [1.82, 2.24) is 9.38 Å². The molecule has 0 saturated carbocycles. The van der Waals surface area contributed by atoms with Crippen molar-refractivity contribution < 1.29 is 9.59 Å². The summed E-state index contributed by atoms with van der Waals surface area (Å²) in [6, 6.07) is 20.0. The third kappa shape index (κ3) is 3.66. The number of nitrogens with one attached hydrogen (secondary N) is 1. The summed E-state index contributed by atoms with van der Waals surface area (Å²) in [6.45, 7) is 0. The first-order chi connectivity index (χ1) is 13.6. The molecule has 1 aromatic carbocycles. The van der Waals surface area contributed by atoms with Crippen molar-refractivity contribution in [3.05, 3.63) is 101 Å². The van der Waals surface area contributed by atoms with Crippen molar-refractivity contribution in [3.8, 4) is 0 Å². The topological polar surface area (TPSA) is 63.5 Å². The molecule has 0 atom stereocenters. The van der Waals surface area contributed by atoms with Gasteiger partial charge in [-0.15, -0.1) is 0 Å². The van der Waals surface area contributed by atoms with E-state index in [0.29, 0.717) is 28.3 Å². The van der Waals surface area contributed by atoms with Crippen molar-refractivity contribution >= 4 is 34.6 Å². The lowest BCUT2D eigenvalue weighted by atomic mass is 10.1. The van der Waals surface area contributed by atoms with E-state index in [-0.39, 0.29) is 0 Å². The van der Waals surface area contributed by atoms with Gasteiger partial charge in [-0.25, -0.2) is 4.98 Å². The maximum Gasteiger partial charge on any atom is 0.298 e. The molecular weight excluding hydrogens is 374 g/mol. The molecule has 3 aromatic heterocycles. The van der Waals surface area contributed by atoms with Crippen LogP contribution in [0.5, 0.6) is 0 Å². The van der Waals surface area contributed by atoms with Crippen LogP contribution in [0.25, 0.3) is 5.52 Å². The standard InChI is InChI=1S/C22H16ClN3O2/c23-16-9-7-15(8-10-16)13-17-14-18(19-5-2-4-12-26(17)19)21(27)22(28)25-20-6-1-3-11-24-20/h1-12,14H,13H2,(H,24,25,28). The molecule has 138 valence electrons. The number of hydrogen-bond donors (Lipinski definition) is 1. The molecule has 4 aromatic rings. The first-order valence-corrected chi connectivity index (χ1v) is 9.10. The molecule has 0 unspecified atom stereocenters. The maximum absolute atomic E-state index is 12.8. The van der Waals surface area contributed by atoms with Gasteiger partial charge in [-0.05, 0) is 48.0 Å². The van der Waals surface area contributed by atoms with Crippen LogP contribution in [-0.2, 0) is 11.2 Å². The van der Waals surface area contributed by atoms with Crippen LogP contribution in [0, 0.1) is 0 Å². The SMILES string of the molecule is O=C(Nc1ccccn1)C(=O)c1cc(Cc2ccc(Cl)cc2)n2ccccc12. The average molecular weight is 390 g/mol. The monoisotopic (exact) mass is 389 g/mol. The van der Waals surface area contributed by atoms with Gasteiger partial charge in [0.15, 0.2) is 0 Å². The minimum absolute atomic E-state index is 0.339. The summed E-state index contributed by atoms with van der Waals surface area (Å²) in [6.07, 6.45) is 4.05. The van der Waals surface area contributed by atoms with E-state index in [9.17, 15) is 9.59 Å². The number of Topliss-reactive ketones (excluding diaryl/α,β-unsaturated/α-hetero) is 1. The lowest BCUT2D eigenvalue weighted by Crippen LogP contribution is -2.23. The van der Waals surface area contributed by atoms with Crippen molar-refractivity contribution in [2.24, 2.45) is 0 Å². The lowest BCUT2D eigenvalue weighted by Gasteiger charge is -2.03. The Labute approximate surface area is 166 Å². The van der Waals surface area contributed by atoms with Crippen molar-refractivity contribution in [3.63, 3.8) is 0 Å². The van der Waals surface area contributed by atoms with E-state index in [1.807, 2.05) is 53.1 Å². The smallest absolute Gasteiger partial charge is 0.298 e. The summed E-state index contributed by atoms with van der Waals surface area (Å²) in [7, 11) is 0. The minimum Gasteiger partial charge on any atom is -0.320 e. The summed E-state index contributed by atoms with van der Waals surface area (Å²) in [5.74, 6) is -0.976. The number of fused-ring (bicyclic) bond motifs is 1. The van der Waals surface area contributed by atoms with Crippen molar-refractivity contribution in [2.75, 3.05) is 5.32 Å². The number of hydrogen-bond acceptors (Lipinski definition) is 3. The molecule has 28 heavy (non-hydrogen) atoms. The first kappa shape index (κ1) is 17.9. The molecule has 0 spiro atoms. The number of halogens is 1. The zero-order valence-electron chi connectivity index (χ0n) is 14.8. The lowest BCUT2D eigenvalue weighted by molar-refractivity contribution is -0.112. The van der Waals surface area contributed by atoms with E-state index in [2.05, 4.69) is 10.3 Å². The van der Waals surface area contributed by atoms with Crippen LogP contribution in [0.15, 0.2) is 79.1 Å². The van der Waals surface area contributed by atoms with Gasteiger partial charge in [-0.2, -0.15) is 0 Å². The van der Waals surface area contributed by atoms with Gasteiger partial charge in [-0.3, -0.25) is 9.59 Å². The highest BCUT2D eigenvalue weighted by Gasteiger charge is 2.22. The number of anilines is 1. The maximum atomic E-state index is 12.8. The highest BCUT2D eigenvalue weighted by atomic mass is 35.5. The first-order valence-electron chi connectivity index (χ1n) is 8.72. The molecule has 4 rings (SSSR count). The molecule has 0 saturated heterocycles. The van der Waals surface area contributed by atoms with E-state index in [1.54, 1.807) is 30.5 Å². The summed E-state index contributed by atoms with van der Waals surface area (Å²) in [5, 5.41) is 3.22. The molecule has 1 N–H and O–H groups in total. The van der Waals surface area contributed by atoms with Crippen LogP contribution in [-0.4, -0.2) is 21.1 Å². The van der Waals surface area contributed by atoms with Crippen molar-refractivity contribution in [1.29, 1.82) is 0 Å². The van der Waals surface area contributed by atoms with E-state index in [4.69, 9.17) is 11.6 Å². The molecule has 0 radical (unpaired) electrons. The Balaban J connectivity index is 1.66. The van der Waals surface area contributed by atoms with Gasteiger partial charge in [0.05, 0.1) is 11.1 Å². The van der Waals surface area contributed by atoms with E-state index < -0.39 is 11.7 Å². The molecule has 0 aliphatic carbocycles. The second-order valence-electron chi connectivity index (χ2n) is 6.31. The van der Waals surface area contributed by atoms with Gasteiger partial charge in [0, 0.05) is 29.5 Å². The van der Waals surface area contributed by atoms with Crippen LogP contribution in [0.3, 0.4) is 0 Å². The quantitative estimate of drug-likeness (QED) is 0.406. The van der Waals surface area contributed by atoms with Crippen LogP contribution >= 0.6 is 11.6 Å². The minimum atomic E-state index is -0.715. The van der Waals surface area contributed by atoms with Gasteiger partial charge >= 0.3 is 0 Å². The highest BCUT2D eigenvalue weighted by Crippen LogP contribution is 2.21. The molecule has 0 aliphatic rings. The number of carbonyl (C=O) groups is 2. The Morgan fingerprint density at radius 1 is 1.00 bits per heavy atom. The largest absolute Gasteiger partial charge is 0.320 e. The summed E-state index contributed by atoms with van der Waals surface area (Å²) in [5.41, 5.74) is 3.02. The number of amides is 1. The third-order valence-electron chi connectivity index (χ3n) is 4.41. The van der Waals surface area contributed by atoms with Gasteiger partial charge in [-0.1, -0.05) is 35.9 Å². The fraction of sp³-hybridized carbons (Fsp3) is 0.0455. The third-order valence-corrected chi connectivity index (χ3v) is 4.66. The van der Waals surface area contributed by atoms with Gasteiger partial charge in [0.2, 0.25) is 0 Å². The Hall–Kier alpha value is -3.44. The second-order valence-corrected chi connectivity index (χ2v) is 6.74. The number of benzene rings is 1. The van der Waals surface area contributed by atoms with Gasteiger partial charge in [0.25, 0.3) is 11.7 Å². The Morgan fingerprint density at radius 2 is 1.79 bits per heavy atom. The molecule has 3 heterocycles. The Morgan fingerprint density at radius 3 is 2.54 bits per heavy atom. The number of carbonyl (C=O) groups excluding carboxylic acids is 2. The molecule has 1 amide bonds. The van der Waals surface area contributed by atoms with E-state index >= 15 is 0 Å². The molecule has 0 bridgehead atoms. The second kappa shape index (κ2) is 7.66. The predicted octanol–water partition coefficient (Wildman–Crippen LogP) is 4.40. The van der Waals surface area contributed by atoms with Gasteiger partial charge < -0.3 is 9.72 Å². The number of pyridine rings is 2. The van der Waals surface area contributed by atoms with Crippen LogP contribution in [0.4, 0.5) is 5.82 Å². The number of aromatic nitrogens is 2. The summed E-state index contributed by atoms with van der Waals surface area (Å²) in [4.78, 5) is 29.3. The van der Waals surface area contributed by atoms with Crippen LogP contribution in [0.2, 0.25) is 5.02 Å². The molecule has 0 fully saturated rings. The fourth-order valence-corrected chi connectivity index (χ4v) is 3.21. The Bertz CT molecular complexity index is 1150. The average Bonchev–Trinajstić information content (AvgIpc) is 3.08. The zero-order chi connectivity index (χ0) is 19.5.